The molecule has 0 spiro atoms. The molecule has 0 amide bonds. The number of hydrogen-bond acceptors (Lipinski definition) is 3. The molecule has 0 bridgehead atoms. The van der Waals surface area contributed by atoms with Crippen molar-refractivity contribution in [2.24, 2.45) is 5.41 Å². The van der Waals surface area contributed by atoms with Gasteiger partial charge in [0.2, 0.25) is 0 Å². The lowest BCUT2D eigenvalue weighted by Crippen LogP contribution is -2.17. The number of hydrogen-bond donors (Lipinski definition) is 1. The summed E-state index contributed by atoms with van der Waals surface area (Å²) in [6, 6.07) is 12.0. The van der Waals surface area contributed by atoms with Gasteiger partial charge in [-0.05, 0) is 60.7 Å². The first-order valence-electron chi connectivity index (χ1n) is 8.14. The molecule has 124 valence electrons. The number of ether oxygens (including phenoxy) is 1. The van der Waals surface area contributed by atoms with Crippen LogP contribution in [0.5, 0.6) is 11.5 Å². The second-order valence-electron chi connectivity index (χ2n) is 6.46. The minimum atomic E-state index is -0.419. The number of benzene rings is 2. The van der Waals surface area contributed by atoms with Crippen LogP contribution in [0.1, 0.15) is 31.2 Å². The second kappa shape index (κ2) is 6.52. The van der Waals surface area contributed by atoms with Crippen molar-refractivity contribution in [3.05, 3.63) is 47.8 Å². The summed E-state index contributed by atoms with van der Waals surface area (Å²) in [4.78, 5) is 0. The highest BCUT2D eigenvalue weighted by molar-refractivity contribution is 5.70. The molecule has 4 heteroatoms. The Morgan fingerprint density at radius 3 is 2.58 bits per heavy atom. The lowest BCUT2D eigenvalue weighted by Gasteiger charge is -2.22. The van der Waals surface area contributed by atoms with E-state index in [9.17, 15) is 14.8 Å². The molecule has 0 aromatic heterocycles. The number of nitriles is 1. The van der Waals surface area contributed by atoms with Gasteiger partial charge in [0.05, 0.1) is 18.6 Å². The molecule has 1 aliphatic rings. The van der Waals surface area contributed by atoms with E-state index in [-0.39, 0.29) is 11.6 Å². The molecule has 0 heterocycles. The molecule has 0 saturated heterocycles. The lowest BCUT2D eigenvalue weighted by atomic mass is 9.79. The van der Waals surface area contributed by atoms with Gasteiger partial charge >= 0.3 is 0 Å². The average Bonchev–Trinajstić information content (AvgIpc) is 3.05. The van der Waals surface area contributed by atoms with E-state index in [1.165, 1.54) is 13.2 Å². The SMILES string of the molecule is COc1ccc(F)c(-c2ccc(O)cc2CC2(C#N)CCCC2)c1. The van der Waals surface area contributed by atoms with Gasteiger partial charge in [-0.2, -0.15) is 5.26 Å². The van der Waals surface area contributed by atoms with Gasteiger partial charge < -0.3 is 9.84 Å². The Morgan fingerprint density at radius 2 is 1.92 bits per heavy atom. The Balaban J connectivity index is 2.08. The summed E-state index contributed by atoms with van der Waals surface area (Å²) in [6.07, 6.45) is 4.28. The molecule has 2 aromatic carbocycles. The number of phenols is 1. The van der Waals surface area contributed by atoms with E-state index in [1.54, 1.807) is 30.3 Å². The molecule has 1 aliphatic carbocycles. The van der Waals surface area contributed by atoms with Crippen molar-refractivity contribution in [3.8, 4) is 28.7 Å². The maximum Gasteiger partial charge on any atom is 0.131 e. The zero-order chi connectivity index (χ0) is 17.2. The highest BCUT2D eigenvalue weighted by Gasteiger charge is 2.35. The van der Waals surface area contributed by atoms with Crippen molar-refractivity contribution >= 4 is 0 Å². The van der Waals surface area contributed by atoms with Crippen molar-refractivity contribution in [1.82, 2.24) is 0 Å². The molecular formula is C20H20FNO2. The molecule has 0 atom stereocenters. The summed E-state index contributed by atoms with van der Waals surface area (Å²) >= 11 is 0. The van der Waals surface area contributed by atoms with Gasteiger partial charge in [0, 0.05) is 5.56 Å². The van der Waals surface area contributed by atoms with E-state index in [2.05, 4.69) is 6.07 Å². The number of halogens is 1. The van der Waals surface area contributed by atoms with E-state index in [4.69, 9.17) is 4.74 Å². The van der Waals surface area contributed by atoms with Crippen LogP contribution in [0.4, 0.5) is 4.39 Å². The van der Waals surface area contributed by atoms with Gasteiger partial charge in [0.25, 0.3) is 0 Å². The summed E-state index contributed by atoms with van der Waals surface area (Å²) < 4.78 is 19.6. The topological polar surface area (TPSA) is 53.2 Å². The summed E-state index contributed by atoms with van der Waals surface area (Å²) in [6.45, 7) is 0. The van der Waals surface area contributed by atoms with E-state index in [1.807, 2.05) is 0 Å². The van der Waals surface area contributed by atoms with Crippen LogP contribution in [0.15, 0.2) is 36.4 Å². The standard InChI is InChI=1S/C20H20FNO2/c1-24-16-5-7-19(21)18(11-16)17-6-4-15(23)10-14(17)12-20(13-22)8-2-3-9-20/h4-7,10-11,23H,2-3,8-9,12H2,1H3. The van der Waals surface area contributed by atoms with Crippen molar-refractivity contribution < 1.29 is 14.2 Å². The largest absolute Gasteiger partial charge is 0.508 e. The van der Waals surface area contributed by atoms with Crippen LogP contribution in [-0.4, -0.2) is 12.2 Å². The highest BCUT2D eigenvalue weighted by Crippen LogP contribution is 2.43. The molecule has 1 fully saturated rings. The molecule has 3 nitrogen and oxygen atoms in total. The maximum absolute atomic E-state index is 14.4. The Labute approximate surface area is 141 Å². The van der Waals surface area contributed by atoms with Crippen LogP contribution in [0, 0.1) is 22.6 Å². The minimum absolute atomic E-state index is 0.128. The monoisotopic (exact) mass is 325 g/mol. The fourth-order valence-corrected chi connectivity index (χ4v) is 3.57. The van der Waals surface area contributed by atoms with Crippen LogP contribution >= 0.6 is 0 Å². The normalized spacial score (nSPS) is 15.9. The molecule has 1 N–H and O–H groups in total. The molecule has 1 saturated carbocycles. The predicted molar refractivity (Wildman–Crippen MR) is 90.3 cm³/mol. The van der Waals surface area contributed by atoms with Crippen LogP contribution in [0.25, 0.3) is 11.1 Å². The fourth-order valence-electron chi connectivity index (χ4n) is 3.57. The molecule has 24 heavy (non-hydrogen) atoms. The highest BCUT2D eigenvalue weighted by atomic mass is 19.1. The molecule has 0 radical (unpaired) electrons. The van der Waals surface area contributed by atoms with Crippen molar-refractivity contribution in [2.75, 3.05) is 7.11 Å². The van der Waals surface area contributed by atoms with Crippen LogP contribution in [0.2, 0.25) is 0 Å². The summed E-state index contributed by atoms with van der Waals surface area (Å²) in [5.74, 6) is 0.351. The van der Waals surface area contributed by atoms with Gasteiger partial charge in [-0.3, -0.25) is 0 Å². The molecule has 0 unspecified atom stereocenters. The summed E-state index contributed by atoms with van der Waals surface area (Å²) in [5.41, 5.74) is 1.50. The molecule has 0 aliphatic heterocycles. The Morgan fingerprint density at radius 1 is 1.17 bits per heavy atom. The molecule has 2 aromatic rings. The third-order valence-electron chi connectivity index (χ3n) is 4.88. The van der Waals surface area contributed by atoms with Gasteiger partial charge in [0.1, 0.15) is 17.3 Å². The number of methoxy groups -OCH3 is 1. The third-order valence-corrected chi connectivity index (χ3v) is 4.88. The van der Waals surface area contributed by atoms with Crippen LogP contribution in [-0.2, 0) is 6.42 Å². The van der Waals surface area contributed by atoms with E-state index in [0.29, 0.717) is 23.3 Å². The first-order valence-corrected chi connectivity index (χ1v) is 8.14. The van der Waals surface area contributed by atoms with Crippen LogP contribution in [0.3, 0.4) is 0 Å². The smallest absolute Gasteiger partial charge is 0.131 e. The van der Waals surface area contributed by atoms with Gasteiger partial charge in [-0.25, -0.2) is 4.39 Å². The maximum atomic E-state index is 14.4. The summed E-state index contributed by atoms with van der Waals surface area (Å²) in [5, 5.41) is 19.5. The number of nitrogens with zero attached hydrogens (tertiary/aromatic N) is 1. The number of aromatic hydroxyl groups is 1. The van der Waals surface area contributed by atoms with E-state index in [0.717, 1.165) is 31.2 Å². The van der Waals surface area contributed by atoms with Gasteiger partial charge in [0.15, 0.2) is 0 Å². The lowest BCUT2D eigenvalue weighted by molar-refractivity contribution is 0.406. The van der Waals surface area contributed by atoms with E-state index >= 15 is 0 Å². The second-order valence-corrected chi connectivity index (χ2v) is 6.46. The number of phenolic OH excluding ortho intramolecular Hbond substituents is 1. The molecule has 3 rings (SSSR count). The fraction of sp³-hybridized carbons (Fsp3) is 0.350. The quantitative estimate of drug-likeness (QED) is 0.875. The minimum Gasteiger partial charge on any atom is -0.508 e. The Hall–Kier alpha value is -2.54. The first kappa shape index (κ1) is 16.3. The third kappa shape index (κ3) is 3.07. The Kier molecular flexibility index (Phi) is 4.44. The van der Waals surface area contributed by atoms with Crippen molar-refractivity contribution in [1.29, 1.82) is 5.26 Å². The van der Waals surface area contributed by atoms with Gasteiger partial charge in [-0.1, -0.05) is 18.9 Å². The van der Waals surface area contributed by atoms with Crippen molar-refractivity contribution in [3.63, 3.8) is 0 Å². The predicted octanol–water partition coefficient (Wildman–Crippen LogP) is 4.83. The molecular weight excluding hydrogens is 305 g/mol. The van der Waals surface area contributed by atoms with Crippen molar-refractivity contribution in [2.45, 2.75) is 32.1 Å². The summed E-state index contributed by atoms with van der Waals surface area (Å²) in [7, 11) is 1.54. The zero-order valence-electron chi connectivity index (χ0n) is 13.7. The van der Waals surface area contributed by atoms with Crippen LogP contribution < -0.4 is 4.74 Å². The zero-order valence-corrected chi connectivity index (χ0v) is 13.7. The first-order chi connectivity index (χ1) is 11.6. The van der Waals surface area contributed by atoms with Gasteiger partial charge in [-0.15, -0.1) is 0 Å². The average molecular weight is 325 g/mol. The number of rotatable bonds is 4. The Bertz CT molecular complexity index is 789. The van der Waals surface area contributed by atoms with E-state index < -0.39 is 5.41 Å².